The minimum Gasteiger partial charge on any atom is -0.365 e. The van der Waals surface area contributed by atoms with E-state index in [1.54, 1.807) is 0 Å². The first-order valence-electron chi connectivity index (χ1n) is 13.9. The van der Waals surface area contributed by atoms with Crippen LogP contribution in [-0.2, 0) is 21.4 Å². The summed E-state index contributed by atoms with van der Waals surface area (Å²) in [5.41, 5.74) is 3.19. The number of epoxide rings is 1. The van der Waals surface area contributed by atoms with E-state index in [-0.39, 0.29) is 53.1 Å². The number of Topliss-reactive ketones (excluding diaryl/α,β-unsaturated/α-hetero) is 1. The van der Waals surface area contributed by atoms with Gasteiger partial charge in [0.25, 0.3) is 0 Å². The van der Waals surface area contributed by atoms with Crippen LogP contribution in [0.4, 0.5) is 0 Å². The number of carbonyl (C=O) groups excluding carboxylic acids is 2. The van der Waals surface area contributed by atoms with E-state index in [2.05, 4.69) is 66.4 Å². The van der Waals surface area contributed by atoms with Gasteiger partial charge in [0.2, 0.25) is 11.7 Å². The van der Waals surface area contributed by atoms with Crippen molar-refractivity contribution in [1.82, 2.24) is 15.3 Å². The Morgan fingerprint density at radius 3 is 2.71 bits per heavy atom. The average molecular weight is 510 g/mol. The third-order valence-corrected chi connectivity index (χ3v) is 9.98. The Balaban J connectivity index is 1.38. The number of ketones is 1. The highest BCUT2D eigenvalue weighted by atomic mass is 16.6. The third kappa shape index (κ3) is 3.16. The van der Waals surface area contributed by atoms with Crippen molar-refractivity contribution in [3.63, 3.8) is 0 Å². The molecule has 1 aliphatic carbocycles. The van der Waals surface area contributed by atoms with Crippen LogP contribution in [0, 0.1) is 23.7 Å². The number of aromatic nitrogens is 2. The first-order chi connectivity index (χ1) is 18.2. The average Bonchev–Trinajstić information content (AvgIpc) is 3.22. The molecular formula is C32H35N3O3. The molecule has 196 valence electrons. The number of hydrogen-bond acceptors (Lipinski definition) is 3. The van der Waals surface area contributed by atoms with Gasteiger partial charge < -0.3 is 20.0 Å². The zero-order chi connectivity index (χ0) is 26.4. The number of para-hydroxylation sites is 1. The number of rotatable bonds is 2. The Morgan fingerprint density at radius 1 is 1.08 bits per heavy atom. The highest BCUT2D eigenvalue weighted by Gasteiger charge is 2.77. The number of H-pyrrole nitrogens is 2. The summed E-state index contributed by atoms with van der Waals surface area (Å²) in [6, 6.07) is 14.2. The number of ether oxygens (including phenoxy) is 1. The molecule has 1 spiro atoms. The smallest absolute Gasteiger partial charge is 0.233 e. The van der Waals surface area contributed by atoms with Crippen LogP contribution in [0.1, 0.15) is 56.0 Å². The Kier molecular flexibility index (Phi) is 5.03. The summed E-state index contributed by atoms with van der Waals surface area (Å²) in [7, 11) is 0. The second-order valence-corrected chi connectivity index (χ2v) is 12.2. The van der Waals surface area contributed by atoms with Gasteiger partial charge in [0.1, 0.15) is 5.41 Å². The van der Waals surface area contributed by atoms with Gasteiger partial charge in [-0.05, 0) is 67.3 Å². The normalized spacial score (nSPS) is 40.2. The van der Waals surface area contributed by atoms with Crippen molar-refractivity contribution in [2.24, 2.45) is 23.7 Å². The van der Waals surface area contributed by atoms with Gasteiger partial charge in [0, 0.05) is 41.2 Å². The van der Waals surface area contributed by atoms with Crippen molar-refractivity contribution in [3.8, 4) is 0 Å². The molecule has 1 amide bonds. The third-order valence-electron chi connectivity index (χ3n) is 9.98. The van der Waals surface area contributed by atoms with Crippen LogP contribution in [0.25, 0.3) is 10.9 Å². The van der Waals surface area contributed by atoms with Crippen LogP contribution < -0.4 is 5.32 Å². The quantitative estimate of drug-likeness (QED) is 0.326. The van der Waals surface area contributed by atoms with Crippen LogP contribution in [-0.4, -0.2) is 39.4 Å². The lowest BCUT2D eigenvalue weighted by atomic mass is 9.52. The summed E-state index contributed by atoms with van der Waals surface area (Å²) in [4.78, 5) is 34.7. The Morgan fingerprint density at radius 2 is 1.89 bits per heavy atom. The van der Waals surface area contributed by atoms with Gasteiger partial charge in [0.05, 0.1) is 17.4 Å². The molecular weight excluding hydrogens is 474 g/mol. The Hall–Kier alpha value is -3.38. The lowest BCUT2D eigenvalue weighted by Crippen LogP contribution is -2.57. The maximum Gasteiger partial charge on any atom is 0.233 e. The molecule has 8 atom stereocenters. The van der Waals surface area contributed by atoms with Gasteiger partial charge in [-0.3, -0.25) is 9.59 Å². The minimum absolute atomic E-state index is 0.0125. The van der Waals surface area contributed by atoms with Gasteiger partial charge in [-0.1, -0.05) is 50.3 Å². The summed E-state index contributed by atoms with van der Waals surface area (Å²) in [5.74, 6) is 0.235. The zero-order valence-electron chi connectivity index (χ0n) is 22.4. The number of carbonyl (C=O) groups is 2. The van der Waals surface area contributed by atoms with Crippen LogP contribution in [0.2, 0.25) is 0 Å². The first kappa shape index (κ1) is 23.7. The van der Waals surface area contributed by atoms with Gasteiger partial charge in [-0.2, -0.15) is 0 Å². The van der Waals surface area contributed by atoms with E-state index in [9.17, 15) is 9.59 Å². The summed E-state index contributed by atoms with van der Waals surface area (Å²) in [6.45, 7) is 8.46. The van der Waals surface area contributed by atoms with E-state index in [4.69, 9.17) is 4.74 Å². The predicted molar refractivity (Wildman–Crippen MR) is 147 cm³/mol. The van der Waals surface area contributed by atoms with Crippen molar-refractivity contribution in [1.29, 1.82) is 0 Å². The molecule has 2 saturated heterocycles. The van der Waals surface area contributed by atoms with Crippen molar-refractivity contribution < 1.29 is 14.3 Å². The van der Waals surface area contributed by atoms with Crippen LogP contribution in [0.15, 0.2) is 66.3 Å². The van der Waals surface area contributed by atoms with Gasteiger partial charge >= 0.3 is 0 Å². The SMILES string of the molecule is C/C1=C\[C@H](C)C/C=C/[C@H]2[C@@H]3O[C@]3(C)[C@@H](C)[C@@H]3[C@@H](Cc4cc5ccccc5[nH]4)NC(=O)[C@@]32c2ccc([nH]2)C1=O. The fourth-order valence-corrected chi connectivity index (χ4v) is 7.98. The second kappa shape index (κ2) is 8.06. The van der Waals surface area contributed by atoms with Crippen LogP contribution in [0.5, 0.6) is 0 Å². The molecule has 3 aromatic rings. The number of nitrogens with one attached hydrogen (secondary N) is 3. The van der Waals surface area contributed by atoms with E-state index in [1.165, 1.54) is 5.39 Å². The van der Waals surface area contributed by atoms with Crippen molar-refractivity contribution in [3.05, 3.63) is 83.3 Å². The molecule has 0 unspecified atom stereocenters. The molecule has 6 nitrogen and oxygen atoms in total. The molecule has 0 radical (unpaired) electrons. The molecule has 1 saturated carbocycles. The predicted octanol–water partition coefficient (Wildman–Crippen LogP) is 5.24. The van der Waals surface area contributed by atoms with E-state index in [0.717, 1.165) is 28.9 Å². The monoisotopic (exact) mass is 509 g/mol. The van der Waals surface area contributed by atoms with Gasteiger partial charge in [-0.25, -0.2) is 0 Å². The molecule has 3 aliphatic heterocycles. The van der Waals surface area contributed by atoms with E-state index >= 15 is 0 Å². The topological polar surface area (TPSA) is 90.3 Å². The number of aromatic amines is 2. The first-order valence-corrected chi connectivity index (χ1v) is 13.9. The fourth-order valence-electron chi connectivity index (χ4n) is 7.98. The van der Waals surface area contributed by atoms with E-state index in [0.29, 0.717) is 12.1 Å². The number of amides is 1. The van der Waals surface area contributed by atoms with Gasteiger partial charge in [-0.15, -0.1) is 0 Å². The highest BCUT2D eigenvalue weighted by Crippen LogP contribution is 2.66. The molecule has 3 fully saturated rings. The summed E-state index contributed by atoms with van der Waals surface area (Å²) in [5, 5.41) is 4.62. The van der Waals surface area contributed by atoms with Crippen LogP contribution in [0.3, 0.4) is 0 Å². The molecule has 7 rings (SSSR count). The van der Waals surface area contributed by atoms with E-state index in [1.807, 2.05) is 37.3 Å². The molecule has 2 aromatic heterocycles. The molecule has 38 heavy (non-hydrogen) atoms. The molecule has 3 N–H and O–H groups in total. The number of hydrogen-bond donors (Lipinski definition) is 3. The fraction of sp³-hybridized carbons (Fsp3) is 0.438. The Labute approximate surface area is 222 Å². The van der Waals surface area contributed by atoms with E-state index < -0.39 is 5.41 Å². The lowest BCUT2D eigenvalue weighted by Gasteiger charge is -2.46. The maximum absolute atomic E-state index is 14.4. The lowest BCUT2D eigenvalue weighted by molar-refractivity contribution is -0.127. The number of fused-ring (bicyclic) bond motifs is 5. The minimum atomic E-state index is -0.841. The highest BCUT2D eigenvalue weighted by molar-refractivity contribution is 6.07. The summed E-state index contributed by atoms with van der Waals surface area (Å²) < 4.78 is 6.48. The van der Waals surface area contributed by atoms with Crippen molar-refractivity contribution in [2.45, 2.75) is 63.7 Å². The summed E-state index contributed by atoms with van der Waals surface area (Å²) >= 11 is 0. The second-order valence-electron chi connectivity index (χ2n) is 12.2. The zero-order valence-corrected chi connectivity index (χ0v) is 22.4. The molecule has 2 bridgehead atoms. The standard InChI is InChI=1S/C32H35N3O3/c1-17-8-7-10-22-29-31(4,38-29)19(3)27-25(16-21-15-20-9-5-6-11-23(20)33-21)35-30(37)32(22,27)26-13-12-24(34-26)28(36)18(2)14-17/h5-7,9-15,17,19,22,25,27,29,33-34H,8,16H2,1-4H3,(H,35,37)/b10-7+,18-14+/t17-,19+,22+,25-,27-,29+,31-,32+/m1/s1. The number of benzene rings is 1. The maximum atomic E-state index is 14.4. The molecule has 5 heterocycles. The Bertz CT molecular complexity index is 1490. The molecule has 4 aliphatic rings. The largest absolute Gasteiger partial charge is 0.365 e. The molecule has 1 aromatic carbocycles. The summed E-state index contributed by atoms with van der Waals surface area (Å²) in [6.07, 6.45) is 7.97. The molecule has 6 heteroatoms. The van der Waals surface area contributed by atoms with Crippen molar-refractivity contribution in [2.75, 3.05) is 0 Å². The van der Waals surface area contributed by atoms with Crippen molar-refractivity contribution >= 4 is 22.6 Å². The van der Waals surface area contributed by atoms with Crippen LogP contribution >= 0.6 is 0 Å². The number of allylic oxidation sites excluding steroid dienone is 3. The van der Waals surface area contributed by atoms with Gasteiger partial charge in [0.15, 0.2) is 0 Å².